The quantitative estimate of drug-likeness (QED) is 0.383. The molecule has 0 radical (unpaired) electrons. The van der Waals surface area contributed by atoms with Gasteiger partial charge in [0.15, 0.2) is 0 Å². The monoisotopic (exact) mass is 463 g/mol. The van der Waals surface area contributed by atoms with E-state index in [1.165, 1.54) is 14.2 Å². The smallest absolute Gasteiger partial charge is 0.240 e. The van der Waals surface area contributed by atoms with Crippen LogP contribution < -0.4 is 4.90 Å². The first kappa shape index (κ1) is 20.5. The summed E-state index contributed by atoms with van der Waals surface area (Å²) in [5.74, 6) is -4.97. The summed E-state index contributed by atoms with van der Waals surface area (Å²) in [6.07, 6.45) is 0.836. The summed E-state index contributed by atoms with van der Waals surface area (Å²) in [5.41, 5.74) is 1.52. The Labute approximate surface area is 182 Å². The first-order valence-corrected chi connectivity index (χ1v) is 10.2. The van der Waals surface area contributed by atoms with E-state index in [0.29, 0.717) is 5.69 Å². The lowest BCUT2D eigenvalue weighted by atomic mass is 9.84. The molecule has 2 amide bonds. The van der Waals surface area contributed by atoms with Crippen LogP contribution in [-0.2, 0) is 25.5 Å². The number of hydrogen-bond acceptors (Lipinski definition) is 4. The number of anilines is 1. The second-order valence-electron chi connectivity index (χ2n) is 7.06. The number of amides is 2. The van der Waals surface area contributed by atoms with Crippen LogP contribution >= 0.6 is 46.4 Å². The van der Waals surface area contributed by atoms with E-state index < -0.39 is 39.2 Å². The maximum atomic E-state index is 13.4. The molecule has 2 aliphatic carbocycles. The van der Waals surface area contributed by atoms with Gasteiger partial charge in [-0.2, -0.15) is 0 Å². The number of rotatable bonds is 4. The van der Waals surface area contributed by atoms with Crippen LogP contribution in [0, 0.1) is 11.8 Å². The number of alkyl halides is 2. The normalized spacial score (nSPS) is 35.9. The topological polar surface area (TPSA) is 55.8 Å². The molecule has 2 bridgehead atoms. The average molecular weight is 465 g/mol. The van der Waals surface area contributed by atoms with E-state index in [1.54, 1.807) is 12.1 Å². The number of fused-ring (bicyclic) bond motifs is 5. The lowest BCUT2D eigenvalue weighted by Gasteiger charge is -2.42. The highest BCUT2D eigenvalue weighted by molar-refractivity contribution is 6.54. The van der Waals surface area contributed by atoms with Crippen molar-refractivity contribution >= 4 is 63.9 Å². The van der Waals surface area contributed by atoms with Crippen molar-refractivity contribution in [3.63, 3.8) is 0 Å². The van der Waals surface area contributed by atoms with Gasteiger partial charge in [-0.25, -0.2) is 4.90 Å². The van der Waals surface area contributed by atoms with E-state index in [-0.39, 0.29) is 10.1 Å². The number of methoxy groups -OCH3 is 2. The van der Waals surface area contributed by atoms with Gasteiger partial charge in [-0.05, 0) is 24.1 Å². The minimum atomic E-state index is -1.77. The fraction of sp³-hybridized carbons (Fsp3) is 0.474. The van der Waals surface area contributed by atoms with E-state index in [2.05, 4.69) is 0 Å². The second-order valence-corrected chi connectivity index (χ2v) is 9.01. The standard InChI is InChI=1S/C19H17Cl4NO4/c1-4-9-5-7-10(8-6-9)24-15(25)11-12(16(24)26)18(23)14(21)13(20)17(11,22)19(18,27-2)28-3/h5-8,11-12H,4H2,1-3H3/t11-,12-,17+,18+/m0/s1. The van der Waals surface area contributed by atoms with Gasteiger partial charge in [0, 0.05) is 14.2 Å². The number of halogens is 4. The molecule has 0 aromatic heterocycles. The molecule has 0 N–H and O–H groups in total. The molecule has 0 unspecified atom stereocenters. The third-order valence-electron chi connectivity index (χ3n) is 6.13. The number of aryl methyl sites for hydroxylation is 1. The molecule has 1 aromatic rings. The second kappa shape index (κ2) is 6.34. The summed E-state index contributed by atoms with van der Waals surface area (Å²) in [4.78, 5) is 24.4. The van der Waals surface area contributed by atoms with Crippen molar-refractivity contribution < 1.29 is 19.1 Å². The van der Waals surface area contributed by atoms with E-state index in [0.717, 1.165) is 16.9 Å². The molecule has 4 rings (SSSR count). The molecule has 28 heavy (non-hydrogen) atoms. The Balaban J connectivity index is 1.88. The van der Waals surface area contributed by atoms with E-state index in [9.17, 15) is 9.59 Å². The van der Waals surface area contributed by atoms with Crippen LogP contribution in [0.3, 0.4) is 0 Å². The maximum Gasteiger partial charge on any atom is 0.240 e. The molecule has 4 atom stereocenters. The van der Waals surface area contributed by atoms with Crippen LogP contribution in [0.25, 0.3) is 0 Å². The Morgan fingerprint density at radius 1 is 0.929 bits per heavy atom. The van der Waals surface area contributed by atoms with Crippen LogP contribution in [0.4, 0.5) is 5.69 Å². The van der Waals surface area contributed by atoms with Crippen molar-refractivity contribution in [2.75, 3.05) is 19.1 Å². The number of ether oxygens (including phenoxy) is 2. The number of carbonyl (C=O) groups excluding carboxylic acids is 2. The number of carbonyl (C=O) groups is 2. The molecule has 5 nitrogen and oxygen atoms in total. The minimum absolute atomic E-state index is 0.0416. The van der Waals surface area contributed by atoms with Gasteiger partial charge in [0.2, 0.25) is 17.6 Å². The Hall–Kier alpha value is -0.820. The predicted octanol–water partition coefficient (Wildman–Crippen LogP) is 4.02. The zero-order valence-corrected chi connectivity index (χ0v) is 18.3. The largest absolute Gasteiger partial charge is 0.350 e. The van der Waals surface area contributed by atoms with Crippen molar-refractivity contribution in [3.8, 4) is 0 Å². The Morgan fingerprint density at radius 3 is 1.71 bits per heavy atom. The first-order chi connectivity index (χ1) is 13.2. The zero-order valence-electron chi connectivity index (χ0n) is 15.3. The molecule has 2 fully saturated rings. The SMILES string of the molecule is CCc1ccc(N2C(=O)[C@@H]3[C@@H](C2=O)[C@@]2(Cl)C(Cl)=C(Cl)[C@@]3(Cl)C2(OC)OC)cc1. The molecule has 1 aliphatic heterocycles. The third-order valence-corrected chi connectivity index (χ3v) is 8.74. The van der Waals surface area contributed by atoms with Crippen LogP contribution in [0.2, 0.25) is 0 Å². The highest BCUT2D eigenvalue weighted by Gasteiger charge is 2.89. The van der Waals surface area contributed by atoms with Crippen LogP contribution in [0.15, 0.2) is 34.3 Å². The molecular formula is C19H17Cl4NO4. The molecule has 1 heterocycles. The van der Waals surface area contributed by atoms with Crippen molar-refractivity contribution in [3.05, 3.63) is 39.9 Å². The Morgan fingerprint density at radius 2 is 1.36 bits per heavy atom. The summed E-state index contributed by atoms with van der Waals surface area (Å²) in [5, 5.41) is -0.0831. The van der Waals surface area contributed by atoms with E-state index in [1.807, 2.05) is 19.1 Å². The van der Waals surface area contributed by atoms with Crippen molar-refractivity contribution in [2.45, 2.75) is 28.9 Å². The Kier molecular flexibility index (Phi) is 4.63. The fourth-order valence-electron chi connectivity index (χ4n) is 4.84. The summed E-state index contributed by atoms with van der Waals surface area (Å²) >= 11 is 26.7. The van der Waals surface area contributed by atoms with Gasteiger partial charge in [0.25, 0.3) is 0 Å². The summed E-state index contributed by atoms with van der Waals surface area (Å²) < 4.78 is 11.1. The highest BCUT2D eigenvalue weighted by atomic mass is 35.5. The van der Waals surface area contributed by atoms with Gasteiger partial charge in [-0.3, -0.25) is 9.59 Å². The van der Waals surface area contributed by atoms with Crippen LogP contribution in [0.1, 0.15) is 12.5 Å². The fourth-order valence-corrected chi connectivity index (χ4v) is 7.00. The van der Waals surface area contributed by atoms with Crippen LogP contribution in [0.5, 0.6) is 0 Å². The zero-order chi connectivity index (χ0) is 20.6. The van der Waals surface area contributed by atoms with Gasteiger partial charge in [-0.1, -0.05) is 42.3 Å². The molecule has 3 aliphatic rings. The third kappa shape index (κ3) is 1.94. The summed E-state index contributed by atoms with van der Waals surface area (Å²) in [6.45, 7) is 2.02. The van der Waals surface area contributed by atoms with Crippen molar-refractivity contribution in [2.24, 2.45) is 11.8 Å². The van der Waals surface area contributed by atoms with Crippen molar-refractivity contribution in [1.82, 2.24) is 0 Å². The number of benzene rings is 1. The van der Waals surface area contributed by atoms with Gasteiger partial charge < -0.3 is 9.47 Å². The molecule has 0 spiro atoms. The number of hydrogen-bond donors (Lipinski definition) is 0. The molecule has 1 saturated heterocycles. The number of nitrogens with zero attached hydrogens (tertiary/aromatic N) is 1. The summed E-state index contributed by atoms with van der Waals surface area (Å²) in [7, 11) is 2.66. The van der Waals surface area contributed by atoms with E-state index >= 15 is 0 Å². The minimum Gasteiger partial charge on any atom is -0.350 e. The molecule has 1 saturated carbocycles. The maximum absolute atomic E-state index is 13.4. The van der Waals surface area contributed by atoms with Gasteiger partial charge in [0.1, 0.15) is 9.75 Å². The Bertz CT molecular complexity index is 867. The highest BCUT2D eigenvalue weighted by Crippen LogP contribution is 2.75. The van der Waals surface area contributed by atoms with Crippen LogP contribution in [-0.4, -0.2) is 41.6 Å². The lowest BCUT2D eigenvalue weighted by Crippen LogP contribution is -2.60. The van der Waals surface area contributed by atoms with Crippen molar-refractivity contribution in [1.29, 1.82) is 0 Å². The molecule has 9 heteroatoms. The molecule has 1 aromatic carbocycles. The van der Waals surface area contributed by atoms with Gasteiger partial charge in [0.05, 0.1) is 27.6 Å². The summed E-state index contributed by atoms with van der Waals surface area (Å²) in [6, 6.07) is 7.16. The predicted molar refractivity (Wildman–Crippen MR) is 108 cm³/mol. The van der Waals surface area contributed by atoms with Gasteiger partial charge in [-0.15, -0.1) is 23.2 Å². The van der Waals surface area contributed by atoms with E-state index in [4.69, 9.17) is 55.9 Å². The lowest BCUT2D eigenvalue weighted by molar-refractivity contribution is -0.221. The first-order valence-electron chi connectivity index (χ1n) is 8.68. The molecular weight excluding hydrogens is 448 g/mol. The molecule has 150 valence electrons. The number of imide groups is 1. The average Bonchev–Trinajstić information content (AvgIpc) is 3.12. The van der Waals surface area contributed by atoms with Gasteiger partial charge >= 0.3 is 0 Å².